The monoisotopic (exact) mass is 262 g/mol. The predicted octanol–water partition coefficient (Wildman–Crippen LogP) is 4.89. The number of Topliss-reactive ketones (excluding diaryl/α,β-unsaturated/α-hetero) is 1. The summed E-state index contributed by atoms with van der Waals surface area (Å²) in [6.45, 7) is 3.74. The van der Waals surface area contributed by atoms with Gasteiger partial charge in [-0.15, -0.1) is 0 Å². The van der Waals surface area contributed by atoms with Crippen molar-refractivity contribution < 1.29 is 9.90 Å². The van der Waals surface area contributed by atoms with Gasteiger partial charge in [-0.25, -0.2) is 0 Å². The lowest BCUT2D eigenvalue weighted by molar-refractivity contribution is 0.101. The van der Waals surface area contributed by atoms with Gasteiger partial charge in [0.05, 0.1) is 5.56 Å². The molecule has 0 spiro atoms. The summed E-state index contributed by atoms with van der Waals surface area (Å²) in [5, 5.41) is 9.74. The fraction of sp³-hybridized carbons (Fsp3) is 0.588. The highest BCUT2D eigenvalue weighted by Crippen LogP contribution is 2.23. The molecule has 0 aliphatic carbocycles. The molecule has 0 aliphatic heterocycles. The van der Waals surface area contributed by atoms with E-state index in [4.69, 9.17) is 0 Å². The Hall–Kier alpha value is -1.31. The Bertz CT molecular complexity index is 396. The van der Waals surface area contributed by atoms with Crippen molar-refractivity contribution in [1.29, 1.82) is 0 Å². The van der Waals surface area contributed by atoms with Gasteiger partial charge in [-0.3, -0.25) is 4.79 Å². The average molecular weight is 262 g/mol. The minimum atomic E-state index is -0.0453. The van der Waals surface area contributed by atoms with Crippen molar-refractivity contribution in [3.05, 3.63) is 29.3 Å². The van der Waals surface area contributed by atoms with Crippen molar-refractivity contribution in [3.63, 3.8) is 0 Å². The van der Waals surface area contributed by atoms with E-state index in [0.717, 1.165) is 18.4 Å². The quantitative estimate of drug-likeness (QED) is 0.508. The topological polar surface area (TPSA) is 37.3 Å². The number of aryl methyl sites for hydroxylation is 1. The predicted molar refractivity (Wildman–Crippen MR) is 79.8 cm³/mol. The van der Waals surface area contributed by atoms with Crippen molar-refractivity contribution in [2.24, 2.45) is 0 Å². The molecule has 106 valence electrons. The fourth-order valence-electron chi connectivity index (χ4n) is 2.47. The Kier molecular flexibility index (Phi) is 7.24. The maximum atomic E-state index is 11.5. The van der Waals surface area contributed by atoms with Crippen LogP contribution in [-0.4, -0.2) is 10.9 Å². The van der Waals surface area contributed by atoms with Gasteiger partial charge in [-0.2, -0.15) is 0 Å². The third-order valence-electron chi connectivity index (χ3n) is 3.53. The van der Waals surface area contributed by atoms with Crippen LogP contribution in [0.25, 0.3) is 0 Å². The number of phenolic OH excluding ortho intramolecular Hbond substituents is 1. The lowest BCUT2D eigenvalue weighted by Gasteiger charge is -2.08. The van der Waals surface area contributed by atoms with E-state index in [9.17, 15) is 9.90 Å². The molecule has 1 N–H and O–H groups in total. The van der Waals surface area contributed by atoms with E-state index < -0.39 is 0 Å². The summed E-state index contributed by atoms with van der Waals surface area (Å²) in [5.41, 5.74) is 1.49. The van der Waals surface area contributed by atoms with E-state index >= 15 is 0 Å². The van der Waals surface area contributed by atoms with Crippen LogP contribution >= 0.6 is 0 Å². The number of ketones is 1. The fourth-order valence-corrected chi connectivity index (χ4v) is 2.47. The maximum Gasteiger partial charge on any atom is 0.163 e. The van der Waals surface area contributed by atoms with Crippen LogP contribution in [-0.2, 0) is 6.42 Å². The molecule has 2 heteroatoms. The summed E-state index contributed by atoms with van der Waals surface area (Å²) >= 11 is 0. The second-order valence-corrected chi connectivity index (χ2v) is 5.24. The number of hydrogen-bond acceptors (Lipinski definition) is 2. The molecular formula is C17H26O2. The van der Waals surface area contributed by atoms with Crippen LogP contribution in [0.15, 0.2) is 18.2 Å². The maximum absolute atomic E-state index is 11.5. The summed E-state index contributed by atoms with van der Waals surface area (Å²) < 4.78 is 0. The van der Waals surface area contributed by atoms with E-state index in [1.54, 1.807) is 6.07 Å². The molecule has 1 rings (SSSR count). The van der Waals surface area contributed by atoms with E-state index in [1.165, 1.54) is 45.4 Å². The van der Waals surface area contributed by atoms with Gasteiger partial charge >= 0.3 is 0 Å². The molecule has 0 heterocycles. The smallest absolute Gasteiger partial charge is 0.163 e. The zero-order valence-corrected chi connectivity index (χ0v) is 12.2. The first-order valence-corrected chi connectivity index (χ1v) is 7.48. The van der Waals surface area contributed by atoms with Gasteiger partial charge in [0.15, 0.2) is 5.78 Å². The summed E-state index contributed by atoms with van der Waals surface area (Å²) in [4.78, 5) is 11.5. The molecule has 0 fully saturated rings. The van der Waals surface area contributed by atoms with Crippen LogP contribution in [0, 0.1) is 0 Å². The van der Waals surface area contributed by atoms with E-state index in [1.807, 2.05) is 12.1 Å². The van der Waals surface area contributed by atoms with Crippen LogP contribution in [0.4, 0.5) is 0 Å². The molecule has 2 nitrogen and oxygen atoms in total. The number of hydrogen-bond donors (Lipinski definition) is 1. The highest BCUT2D eigenvalue weighted by Gasteiger charge is 2.11. The number of phenols is 1. The van der Waals surface area contributed by atoms with E-state index in [2.05, 4.69) is 6.92 Å². The summed E-state index contributed by atoms with van der Waals surface area (Å²) in [7, 11) is 0. The normalized spacial score (nSPS) is 10.6. The Morgan fingerprint density at radius 2 is 1.68 bits per heavy atom. The molecule has 0 aliphatic rings. The van der Waals surface area contributed by atoms with Crippen molar-refractivity contribution >= 4 is 5.78 Å². The molecule has 0 amide bonds. The van der Waals surface area contributed by atoms with Crippen molar-refractivity contribution in [3.8, 4) is 5.75 Å². The lowest BCUT2D eigenvalue weighted by atomic mass is 9.97. The van der Waals surface area contributed by atoms with Gasteiger partial charge in [-0.05, 0) is 31.4 Å². The highest BCUT2D eigenvalue weighted by atomic mass is 16.3. The second-order valence-electron chi connectivity index (χ2n) is 5.24. The van der Waals surface area contributed by atoms with Crippen LogP contribution in [0.5, 0.6) is 5.75 Å². The number of unbranched alkanes of at least 4 members (excludes halogenated alkanes) is 6. The van der Waals surface area contributed by atoms with Crippen molar-refractivity contribution in [2.75, 3.05) is 0 Å². The second kappa shape index (κ2) is 8.73. The number of aromatic hydroxyl groups is 1. The summed E-state index contributed by atoms with van der Waals surface area (Å²) in [6.07, 6.45) is 9.72. The molecule has 0 saturated heterocycles. The van der Waals surface area contributed by atoms with E-state index in [-0.39, 0.29) is 11.5 Å². The highest BCUT2D eigenvalue weighted by molar-refractivity contribution is 5.98. The zero-order chi connectivity index (χ0) is 14.1. The third kappa shape index (κ3) is 5.46. The first-order valence-electron chi connectivity index (χ1n) is 7.48. The molecule has 0 radical (unpaired) electrons. The van der Waals surface area contributed by atoms with Crippen LogP contribution in [0.3, 0.4) is 0 Å². The Balaban J connectivity index is 2.37. The first-order chi connectivity index (χ1) is 9.16. The average Bonchev–Trinajstić information content (AvgIpc) is 2.37. The van der Waals surface area contributed by atoms with E-state index in [0.29, 0.717) is 5.56 Å². The molecule has 0 aromatic heterocycles. The molecule has 0 atom stereocenters. The number of carbonyl (C=O) groups is 1. The number of benzene rings is 1. The molecular weight excluding hydrogens is 236 g/mol. The number of rotatable bonds is 9. The number of carbonyl (C=O) groups excluding carboxylic acids is 1. The van der Waals surface area contributed by atoms with Gasteiger partial charge in [0.1, 0.15) is 5.75 Å². The Morgan fingerprint density at radius 1 is 1.05 bits per heavy atom. The molecule has 0 bridgehead atoms. The van der Waals surface area contributed by atoms with Crippen LogP contribution < -0.4 is 0 Å². The van der Waals surface area contributed by atoms with Gasteiger partial charge in [0.2, 0.25) is 0 Å². The minimum Gasteiger partial charge on any atom is -0.507 e. The SMILES string of the molecule is CCCCCCCCCc1cccc(O)c1C(C)=O. The standard InChI is InChI=1S/C17H26O2/c1-3-4-5-6-7-8-9-11-15-12-10-13-16(19)17(15)14(2)18/h10,12-13,19H,3-9,11H2,1-2H3. The van der Waals surface area contributed by atoms with Gasteiger partial charge in [0.25, 0.3) is 0 Å². The molecule has 1 aromatic carbocycles. The summed E-state index contributed by atoms with van der Waals surface area (Å²) in [5.74, 6) is 0.0731. The largest absolute Gasteiger partial charge is 0.507 e. The Labute approximate surface area is 116 Å². The van der Waals surface area contributed by atoms with Gasteiger partial charge in [-0.1, -0.05) is 57.6 Å². The molecule has 0 unspecified atom stereocenters. The minimum absolute atomic E-state index is 0.0453. The van der Waals surface area contributed by atoms with Gasteiger partial charge in [0, 0.05) is 0 Å². The van der Waals surface area contributed by atoms with Crippen LogP contribution in [0.1, 0.15) is 74.7 Å². The zero-order valence-electron chi connectivity index (χ0n) is 12.2. The third-order valence-corrected chi connectivity index (χ3v) is 3.53. The summed E-state index contributed by atoms with van der Waals surface area (Å²) in [6, 6.07) is 5.36. The molecule has 0 saturated carbocycles. The van der Waals surface area contributed by atoms with Crippen molar-refractivity contribution in [1.82, 2.24) is 0 Å². The van der Waals surface area contributed by atoms with Crippen LogP contribution in [0.2, 0.25) is 0 Å². The van der Waals surface area contributed by atoms with Crippen molar-refractivity contribution in [2.45, 2.75) is 65.2 Å². The lowest BCUT2D eigenvalue weighted by Crippen LogP contribution is -2.00. The van der Waals surface area contributed by atoms with Gasteiger partial charge < -0.3 is 5.11 Å². The Morgan fingerprint density at radius 3 is 2.32 bits per heavy atom. The first kappa shape index (κ1) is 15.7. The molecule has 1 aromatic rings. The molecule has 19 heavy (non-hydrogen) atoms.